The standard InChI is InChI=1S/C25H26ClFN4O2/c1-14(16-3-2-4-18(26)11-16)30-25(33)20-10-7-17(12-21(20)27)23-24(28)29-13-22(31-23)15-5-8-19(32)9-6-15/h2-4,7,10-15,19,32H,5-6,8-9H2,1H3,(H2,28,29)(H,30,33)/t14-,15-,19+/m1/s1. The lowest BCUT2D eigenvalue weighted by Gasteiger charge is -2.25. The van der Waals surface area contributed by atoms with E-state index in [9.17, 15) is 14.3 Å². The van der Waals surface area contributed by atoms with E-state index in [-0.39, 0.29) is 29.4 Å². The maximum atomic E-state index is 14.9. The molecule has 33 heavy (non-hydrogen) atoms. The summed E-state index contributed by atoms with van der Waals surface area (Å²) in [6, 6.07) is 11.1. The molecule has 1 aliphatic carbocycles. The molecule has 0 radical (unpaired) electrons. The second-order valence-electron chi connectivity index (χ2n) is 8.48. The van der Waals surface area contributed by atoms with E-state index >= 15 is 0 Å². The number of hydrogen-bond donors (Lipinski definition) is 3. The number of nitrogens with one attached hydrogen (secondary N) is 1. The quantitative estimate of drug-likeness (QED) is 0.487. The van der Waals surface area contributed by atoms with Crippen LogP contribution in [0.4, 0.5) is 10.2 Å². The van der Waals surface area contributed by atoms with Gasteiger partial charge < -0.3 is 16.2 Å². The van der Waals surface area contributed by atoms with Crippen LogP contribution >= 0.6 is 11.6 Å². The molecule has 0 bridgehead atoms. The van der Waals surface area contributed by atoms with Crippen molar-refractivity contribution in [2.45, 2.75) is 50.7 Å². The molecule has 4 N–H and O–H groups in total. The van der Waals surface area contributed by atoms with Gasteiger partial charge >= 0.3 is 0 Å². The number of nitrogen functional groups attached to an aromatic ring is 1. The Morgan fingerprint density at radius 1 is 1.21 bits per heavy atom. The summed E-state index contributed by atoms with van der Waals surface area (Å²) < 4.78 is 14.9. The maximum Gasteiger partial charge on any atom is 0.254 e. The van der Waals surface area contributed by atoms with Crippen molar-refractivity contribution < 1.29 is 14.3 Å². The number of halogens is 2. The second kappa shape index (κ2) is 9.85. The molecule has 8 heteroatoms. The van der Waals surface area contributed by atoms with Gasteiger partial charge in [0.2, 0.25) is 0 Å². The molecule has 1 aromatic heterocycles. The molecule has 1 fully saturated rings. The molecule has 0 saturated heterocycles. The molecule has 1 heterocycles. The summed E-state index contributed by atoms with van der Waals surface area (Å²) in [5.41, 5.74) is 8.41. The molecule has 6 nitrogen and oxygen atoms in total. The Kier molecular flexibility index (Phi) is 6.91. The summed E-state index contributed by atoms with van der Waals surface area (Å²) in [4.78, 5) is 21.6. The number of nitrogens with zero attached hydrogens (tertiary/aromatic N) is 2. The number of amides is 1. The van der Waals surface area contributed by atoms with E-state index in [0.29, 0.717) is 16.3 Å². The van der Waals surface area contributed by atoms with Gasteiger partial charge in [0.25, 0.3) is 5.91 Å². The number of carbonyl (C=O) groups excluding carboxylic acids is 1. The Balaban J connectivity index is 1.53. The van der Waals surface area contributed by atoms with E-state index in [0.717, 1.165) is 36.9 Å². The van der Waals surface area contributed by atoms with E-state index < -0.39 is 11.7 Å². The fraction of sp³-hybridized carbons (Fsp3) is 0.320. The van der Waals surface area contributed by atoms with Crippen molar-refractivity contribution >= 4 is 23.3 Å². The molecule has 0 spiro atoms. The van der Waals surface area contributed by atoms with Gasteiger partial charge in [-0.3, -0.25) is 4.79 Å². The predicted molar refractivity (Wildman–Crippen MR) is 126 cm³/mol. The summed E-state index contributed by atoms with van der Waals surface area (Å²) >= 11 is 6.02. The van der Waals surface area contributed by atoms with Crippen molar-refractivity contribution in [2.24, 2.45) is 0 Å². The van der Waals surface area contributed by atoms with Crippen molar-refractivity contribution in [3.63, 3.8) is 0 Å². The third kappa shape index (κ3) is 5.31. The van der Waals surface area contributed by atoms with Gasteiger partial charge in [-0.25, -0.2) is 14.4 Å². The summed E-state index contributed by atoms with van der Waals surface area (Å²) in [7, 11) is 0. The van der Waals surface area contributed by atoms with Gasteiger partial charge in [-0.05, 0) is 62.4 Å². The van der Waals surface area contributed by atoms with E-state index in [1.54, 1.807) is 30.5 Å². The first kappa shape index (κ1) is 23.1. The smallest absolute Gasteiger partial charge is 0.254 e. The van der Waals surface area contributed by atoms with Gasteiger partial charge in [-0.2, -0.15) is 0 Å². The molecule has 1 atom stereocenters. The molecule has 1 aliphatic rings. The zero-order valence-electron chi connectivity index (χ0n) is 18.3. The van der Waals surface area contributed by atoms with Crippen LogP contribution in [-0.4, -0.2) is 27.1 Å². The molecular weight excluding hydrogens is 443 g/mol. The van der Waals surface area contributed by atoms with Crippen LogP contribution in [0, 0.1) is 5.82 Å². The van der Waals surface area contributed by atoms with Gasteiger partial charge in [-0.15, -0.1) is 0 Å². The highest BCUT2D eigenvalue weighted by Crippen LogP contribution is 2.34. The average Bonchev–Trinajstić information content (AvgIpc) is 2.80. The molecular formula is C25H26ClFN4O2. The highest BCUT2D eigenvalue weighted by Gasteiger charge is 2.23. The minimum Gasteiger partial charge on any atom is -0.393 e. The highest BCUT2D eigenvalue weighted by molar-refractivity contribution is 6.30. The number of aliphatic hydroxyl groups is 1. The lowest BCUT2D eigenvalue weighted by Crippen LogP contribution is -2.27. The number of nitrogens with two attached hydrogens (primary N) is 1. The maximum absolute atomic E-state index is 14.9. The zero-order chi connectivity index (χ0) is 23.5. The van der Waals surface area contributed by atoms with Crippen LogP contribution in [0.15, 0.2) is 48.7 Å². The molecule has 1 saturated carbocycles. The molecule has 0 unspecified atom stereocenters. The van der Waals surface area contributed by atoms with Crippen LogP contribution in [0.3, 0.4) is 0 Å². The number of aromatic nitrogens is 2. The molecule has 172 valence electrons. The first-order valence-electron chi connectivity index (χ1n) is 11.0. The van der Waals surface area contributed by atoms with Gasteiger partial charge in [-0.1, -0.05) is 29.8 Å². The number of anilines is 1. The van der Waals surface area contributed by atoms with Gasteiger partial charge in [0, 0.05) is 16.5 Å². The van der Waals surface area contributed by atoms with Gasteiger partial charge in [0.1, 0.15) is 17.3 Å². The summed E-state index contributed by atoms with van der Waals surface area (Å²) in [5, 5.41) is 13.1. The van der Waals surface area contributed by atoms with Crippen LogP contribution in [0.25, 0.3) is 11.3 Å². The Morgan fingerprint density at radius 3 is 2.67 bits per heavy atom. The first-order valence-corrected chi connectivity index (χ1v) is 11.4. The lowest BCUT2D eigenvalue weighted by atomic mass is 9.85. The summed E-state index contributed by atoms with van der Waals surface area (Å²) in [6.45, 7) is 1.81. The Labute approximate surface area is 197 Å². The average molecular weight is 469 g/mol. The number of hydrogen-bond acceptors (Lipinski definition) is 5. The summed E-state index contributed by atoms with van der Waals surface area (Å²) in [6.07, 6.45) is 4.46. The van der Waals surface area contributed by atoms with E-state index in [1.807, 2.05) is 13.0 Å². The number of carbonyl (C=O) groups is 1. The van der Waals surface area contributed by atoms with Crippen LogP contribution in [0.5, 0.6) is 0 Å². The fourth-order valence-corrected chi connectivity index (χ4v) is 4.37. The largest absolute Gasteiger partial charge is 0.393 e. The number of aliphatic hydroxyl groups excluding tert-OH is 1. The van der Waals surface area contributed by atoms with E-state index in [1.165, 1.54) is 12.1 Å². The SMILES string of the molecule is C[C@@H](NC(=O)c1ccc(-c2nc([C@H]3CC[C@@H](O)CC3)cnc2N)cc1F)c1cccc(Cl)c1. The third-order valence-corrected chi connectivity index (χ3v) is 6.35. The molecule has 2 aromatic carbocycles. The van der Waals surface area contributed by atoms with Crippen molar-refractivity contribution in [3.05, 3.63) is 76.3 Å². The van der Waals surface area contributed by atoms with Gasteiger partial charge in [0.15, 0.2) is 0 Å². The van der Waals surface area contributed by atoms with Gasteiger partial charge in [0.05, 0.1) is 29.6 Å². The minimum atomic E-state index is -0.671. The topological polar surface area (TPSA) is 101 Å². The Morgan fingerprint density at radius 2 is 1.97 bits per heavy atom. The van der Waals surface area contributed by atoms with Crippen molar-refractivity contribution in [1.82, 2.24) is 15.3 Å². The monoisotopic (exact) mass is 468 g/mol. The first-order chi connectivity index (χ1) is 15.8. The Bertz CT molecular complexity index is 1160. The number of benzene rings is 2. The predicted octanol–water partition coefficient (Wildman–Crippen LogP) is 5.03. The van der Waals surface area contributed by atoms with Crippen LogP contribution in [0.2, 0.25) is 5.02 Å². The van der Waals surface area contributed by atoms with Crippen LogP contribution in [-0.2, 0) is 0 Å². The fourth-order valence-electron chi connectivity index (χ4n) is 4.17. The van der Waals surface area contributed by atoms with Crippen LogP contribution in [0.1, 0.15) is 66.2 Å². The van der Waals surface area contributed by atoms with Crippen molar-refractivity contribution in [2.75, 3.05) is 5.73 Å². The second-order valence-corrected chi connectivity index (χ2v) is 8.92. The Hall–Kier alpha value is -3.03. The number of rotatable bonds is 5. The molecule has 1 amide bonds. The molecule has 4 rings (SSSR count). The minimum absolute atomic E-state index is 0.0726. The third-order valence-electron chi connectivity index (χ3n) is 6.12. The molecule has 3 aromatic rings. The van der Waals surface area contributed by atoms with Crippen molar-refractivity contribution in [1.29, 1.82) is 0 Å². The highest BCUT2D eigenvalue weighted by atomic mass is 35.5. The summed E-state index contributed by atoms with van der Waals surface area (Å²) in [5.74, 6) is -0.820. The van der Waals surface area contributed by atoms with Crippen molar-refractivity contribution in [3.8, 4) is 11.3 Å². The zero-order valence-corrected chi connectivity index (χ0v) is 19.0. The van der Waals surface area contributed by atoms with Crippen LogP contribution < -0.4 is 11.1 Å². The molecule has 0 aliphatic heterocycles. The van der Waals surface area contributed by atoms with E-state index in [2.05, 4.69) is 15.3 Å². The normalized spacial score (nSPS) is 19.2. The lowest BCUT2D eigenvalue weighted by molar-refractivity contribution is 0.0935. The van der Waals surface area contributed by atoms with E-state index in [4.69, 9.17) is 17.3 Å².